The number of hydrogen-bond acceptors (Lipinski definition) is 4. The molecule has 0 radical (unpaired) electrons. The zero-order chi connectivity index (χ0) is 24.2. The Labute approximate surface area is 206 Å². The minimum absolute atomic E-state index is 0.179. The van der Waals surface area contributed by atoms with Crippen molar-refractivity contribution in [2.24, 2.45) is 0 Å². The van der Waals surface area contributed by atoms with Gasteiger partial charge in [0.25, 0.3) is 5.91 Å². The van der Waals surface area contributed by atoms with Crippen molar-refractivity contribution in [3.05, 3.63) is 101 Å². The molecule has 0 aliphatic heterocycles. The molecule has 1 amide bonds. The summed E-state index contributed by atoms with van der Waals surface area (Å²) in [5, 5.41) is 4.33. The molecule has 2 heterocycles. The molecule has 6 nitrogen and oxygen atoms in total. The Hall–Kier alpha value is -4.10. The van der Waals surface area contributed by atoms with Crippen LogP contribution in [0.4, 0.5) is 4.39 Å². The lowest BCUT2D eigenvalue weighted by Gasteiger charge is -2.11. The first-order valence-corrected chi connectivity index (χ1v) is 11.5. The Balaban J connectivity index is 1.47. The van der Waals surface area contributed by atoms with E-state index in [0.29, 0.717) is 34.2 Å². The third-order valence-electron chi connectivity index (χ3n) is 5.61. The SMILES string of the molecule is O=C(NCCCc1ncc[nH]1)c1ccc2c(-c3ccc(F)cc3)nc(-c3ccc(Cl)cc3)nc2c1. The van der Waals surface area contributed by atoms with Crippen molar-refractivity contribution in [2.45, 2.75) is 12.8 Å². The zero-order valence-corrected chi connectivity index (χ0v) is 19.4. The number of benzene rings is 3. The standard InChI is InChI=1S/C27H21ClFN5O/c28-20-8-3-18(4-9-20)26-33-23-16-19(27(35)32-13-1-2-24-30-14-15-31-24)7-12-22(23)25(34-26)17-5-10-21(29)11-6-17/h3-12,14-16H,1-2,13H2,(H,30,31)(H,32,35). The Kier molecular flexibility index (Phi) is 6.50. The maximum absolute atomic E-state index is 13.6. The molecule has 0 aliphatic carbocycles. The van der Waals surface area contributed by atoms with Gasteiger partial charge in [0.05, 0.1) is 11.2 Å². The molecule has 5 aromatic rings. The third kappa shape index (κ3) is 5.20. The number of aromatic amines is 1. The van der Waals surface area contributed by atoms with Crippen molar-refractivity contribution in [1.29, 1.82) is 0 Å². The summed E-state index contributed by atoms with van der Waals surface area (Å²) in [4.78, 5) is 29.6. The van der Waals surface area contributed by atoms with E-state index in [9.17, 15) is 9.18 Å². The van der Waals surface area contributed by atoms with E-state index in [1.807, 2.05) is 18.2 Å². The Morgan fingerprint density at radius 2 is 1.74 bits per heavy atom. The highest BCUT2D eigenvalue weighted by Crippen LogP contribution is 2.30. The molecule has 0 unspecified atom stereocenters. The van der Waals surface area contributed by atoms with Gasteiger partial charge in [0, 0.05) is 52.5 Å². The summed E-state index contributed by atoms with van der Waals surface area (Å²) in [5.41, 5.74) is 3.32. The minimum atomic E-state index is -0.323. The second-order valence-corrected chi connectivity index (χ2v) is 8.47. The van der Waals surface area contributed by atoms with Gasteiger partial charge in [-0.1, -0.05) is 11.6 Å². The first kappa shape index (κ1) is 22.7. The summed E-state index contributed by atoms with van der Waals surface area (Å²) >= 11 is 6.05. The number of rotatable bonds is 7. The molecular formula is C27H21ClFN5O. The van der Waals surface area contributed by atoms with E-state index in [4.69, 9.17) is 21.6 Å². The van der Waals surface area contributed by atoms with Crippen LogP contribution in [0, 0.1) is 5.82 Å². The Morgan fingerprint density at radius 3 is 2.49 bits per heavy atom. The van der Waals surface area contributed by atoms with Crippen LogP contribution in [0.25, 0.3) is 33.5 Å². The van der Waals surface area contributed by atoms with Crippen LogP contribution in [0.2, 0.25) is 5.02 Å². The molecule has 35 heavy (non-hydrogen) atoms. The van der Waals surface area contributed by atoms with Gasteiger partial charge in [-0.15, -0.1) is 0 Å². The molecule has 0 aliphatic rings. The van der Waals surface area contributed by atoms with Crippen LogP contribution in [0.15, 0.2) is 79.1 Å². The number of hydrogen-bond donors (Lipinski definition) is 2. The predicted molar refractivity (Wildman–Crippen MR) is 135 cm³/mol. The largest absolute Gasteiger partial charge is 0.352 e. The molecule has 5 rings (SSSR count). The smallest absolute Gasteiger partial charge is 0.251 e. The van der Waals surface area contributed by atoms with E-state index in [1.165, 1.54) is 12.1 Å². The summed E-state index contributed by atoms with van der Waals surface area (Å²) in [6, 6.07) is 18.7. The van der Waals surface area contributed by atoms with Crippen molar-refractivity contribution >= 4 is 28.4 Å². The highest BCUT2D eigenvalue weighted by molar-refractivity contribution is 6.30. The van der Waals surface area contributed by atoms with Crippen LogP contribution < -0.4 is 5.32 Å². The number of carbonyl (C=O) groups excluding carboxylic acids is 1. The van der Waals surface area contributed by atoms with Crippen LogP contribution in [-0.2, 0) is 6.42 Å². The first-order valence-electron chi connectivity index (χ1n) is 11.2. The zero-order valence-electron chi connectivity index (χ0n) is 18.6. The maximum Gasteiger partial charge on any atom is 0.251 e. The van der Waals surface area contributed by atoms with Gasteiger partial charge in [-0.05, 0) is 73.2 Å². The average molecular weight is 486 g/mol. The topological polar surface area (TPSA) is 83.6 Å². The van der Waals surface area contributed by atoms with E-state index >= 15 is 0 Å². The number of imidazole rings is 1. The fourth-order valence-corrected chi connectivity index (χ4v) is 3.95. The van der Waals surface area contributed by atoms with Crippen LogP contribution in [0.5, 0.6) is 0 Å². The molecule has 2 aromatic heterocycles. The quantitative estimate of drug-likeness (QED) is 0.283. The van der Waals surface area contributed by atoms with Crippen molar-refractivity contribution < 1.29 is 9.18 Å². The van der Waals surface area contributed by atoms with E-state index in [-0.39, 0.29) is 11.7 Å². The van der Waals surface area contributed by atoms with Gasteiger partial charge in [-0.2, -0.15) is 0 Å². The number of carbonyl (C=O) groups is 1. The molecule has 174 valence electrons. The minimum Gasteiger partial charge on any atom is -0.352 e. The lowest BCUT2D eigenvalue weighted by Crippen LogP contribution is -2.24. The molecular weight excluding hydrogens is 465 g/mol. The van der Waals surface area contributed by atoms with Crippen LogP contribution in [0.3, 0.4) is 0 Å². The molecule has 0 fully saturated rings. The monoisotopic (exact) mass is 485 g/mol. The maximum atomic E-state index is 13.6. The van der Waals surface area contributed by atoms with Gasteiger partial charge in [0.2, 0.25) is 0 Å². The second kappa shape index (κ2) is 10.0. The lowest BCUT2D eigenvalue weighted by molar-refractivity contribution is 0.0953. The lowest BCUT2D eigenvalue weighted by atomic mass is 10.0. The molecule has 0 spiro atoms. The van der Waals surface area contributed by atoms with E-state index in [1.54, 1.807) is 48.8 Å². The van der Waals surface area contributed by atoms with Gasteiger partial charge in [-0.25, -0.2) is 19.3 Å². The molecule has 0 atom stereocenters. The van der Waals surface area contributed by atoms with Gasteiger partial charge in [-0.3, -0.25) is 4.79 Å². The number of amides is 1. The van der Waals surface area contributed by atoms with Crippen LogP contribution in [-0.4, -0.2) is 32.4 Å². The number of nitrogens with zero attached hydrogens (tertiary/aromatic N) is 3. The predicted octanol–water partition coefficient (Wildman–Crippen LogP) is 5.84. The average Bonchev–Trinajstić information content (AvgIpc) is 3.40. The number of H-pyrrole nitrogens is 1. The summed E-state index contributed by atoms with van der Waals surface area (Å²) in [6.45, 7) is 0.526. The first-order chi connectivity index (χ1) is 17.1. The van der Waals surface area contributed by atoms with Gasteiger partial charge in [0.15, 0.2) is 5.82 Å². The fraction of sp³-hybridized carbons (Fsp3) is 0.111. The Morgan fingerprint density at radius 1 is 0.971 bits per heavy atom. The molecule has 0 bridgehead atoms. The van der Waals surface area contributed by atoms with E-state index in [0.717, 1.165) is 35.2 Å². The van der Waals surface area contributed by atoms with Crippen LogP contribution >= 0.6 is 11.6 Å². The Bertz CT molecular complexity index is 1470. The summed E-state index contributed by atoms with van der Waals surface area (Å²) in [5.74, 6) is 0.881. The highest BCUT2D eigenvalue weighted by atomic mass is 35.5. The molecule has 8 heteroatoms. The van der Waals surface area contributed by atoms with Crippen molar-refractivity contribution in [1.82, 2.24) is 25.3 Å². The van der Waals surface area contributed by atoms with Gasteiger partial charge in [0.1, 0.15) is 11.6 Å². The van der Waals surface area contributed by atoms with Crippen molar-refractivity contribution in [3.8, 4) is 22.6 Å². The number of fused-ring (bicyclic) bond motifs is 1. The van der Waals surface area contributed by atoms with Crippen molar-refractivity contribution in [2.75, 3.05) is 6.54 Å². The summed E-state index contributed by atoms with van der Waals surface area (Å²) < 4.78 is 13.6. The van der Waals surface area contributed by atoms with Crippen molar-refractivity contribution in [3.63, 3.8) is 0 Å². The van der Waals surface area contributed by atoms with Crippen LogP contribution in [0.1, 0.15) is 22.6 Å². The third-order valence-corrected chi connectivity index (χ3v) is 5.86. The number of nitrogens with one attached hydrogen (secondary N) is 2. The summed E-state index contributed by atoms with van der Waals surface area (Å²) in [6.07, 6.45) is 5.01. The number of aromatic nitrogens is 4. The molecule has 3 aromatic carbocycles. The fourth-order valence-electron chi connectivity index (χ4n) is 3.82. The molecule has 2 N–H and O–H groups in total. The second-order valence-electron chi connectivity index (χ2n) is 8.04. The number of halogens is 2. The summed E-state index contributed by atoms with van der Waals surface area (Å²) in [7, 11) is 0. The van der Waals surface area contributed by atoms with E-state index < -0.39 is 0 Å². The highest BCUT2D eigenvalue weighted by Gasteiger charge is 2.14. The van der Waals surface area contributed by atoms with Gasteiger partial charge < -0.3 is 10.3 Å². The van der Waals surface area contributed by atoms with Gasteiger partial charge >= 0.3 is 0 Å². The molecule has 0 saturated carbocycles. The molecule has 0 saturated heterocycles. The van der Waals surface area contributed by atoms with E-state index in [2.05, 4.69) is 15.3 Å². The normalized spacial score (nSPS) is 11.0. The number of aryl methyl sites for hydroxylation is 1.